The van der Waals surface area contributed by atoms with E-state index >= 15 is 0 Å². The normalized spacial score (nSPS) is 33.6. The molecule has 0 amide bonds. The minimum Gasteiger partial charge on any atom is -0.388 e. The maximum atomic E-state index is 10.4. The van der Waals surface area contributed by atoms with Crippen LogP contribution in [0.3, 0.4) is 0 Å². The van der Waals surface area contributed by atoms with Gasteiger partial charge in [0.25, 0.3) is 0 Å². The predicted molar refractivity (Wildman–Crippen MR) is 65.6 cm³/mol. The van der Waals surface area contributed by atoms with Crippen LogP contribution in [0.4, 0.5) is 0 Å². The molecule has 1 fully saturated rings. The molecular weight excluding hydrogens is 214 g/mol. The van der Waals surface area contributed by atoms with Gasteiger partial charge in [0, 0.05) is 6.54 Å². The summed E-state index contributed by atoms with van der Waals surface area (Å²) in [7, 11) is 0. The van der Waals surface area contributed by atoms with Crippen molar-refractivity contribution in [1.29, 1.82) is 0 Å². The maximum absolute atomic E-state index is 10.4. The van der Waals surface area contributed by atoms with Crippen LogP contribution < -0.4 is 5.32 Å². The Kier molecular flexibility index (Phi) is 2.90. The molecular formula is C14H19NO2. The summed E-state index contributed by atoms with van der Waals surface area (Å²) in [6.07, 6.45) is 1.84. The van der Waals surface area contributed by atoms with E-state index in [1.807, 2.05) is 12.1 Å². The van der Waals surface area contributed by atoms with Crippen LogP contribution in [0.1, 0.15) is 36.9 Å². The average molecular weight is 233 g/mol. The first-order valence-electron chi connectivity index (χ1n) is 6.40. The van der Waals surface area contributed by atoms with Gasteiger partial charge in [-0.3, -0.25) is 0 Å². The Hall–Kier alpha value is -0.900. The Bertz CT molecular complexity index is 407. The fourth-order valence-electron chi connectivity index (χ4n) is 2.93. The quantitative estimate of drug-likeness (QED) is 0.818. The van der Waals surface area contributed by atoms with Crippen LogP contribution in [-0.4, -0.2) is 23.4 Å². The van der Waals surface area contributed by atoms with Crippen molar-refractivity contribution >= 4 is 0 Å². The second-order valence-corrected chi connectivity index (χ2v) is 5.11. The van der Waals surface area contributed by atoms with Gasteiger partial charge in [-0.1, -0.05) is 24.3 Å². The van der Waals surface area contributed by atoms with Crippen LogP contribution in [0, 0.1) is 0 Å². The number of aliphatic hydroxyl groups is 1. The first-order valence-corrected chi connectivity index (χ1v) is 6.40. The molecule has 0 saturated carbocycles. The zero-order chi connectivity index (χ0) is 11.8. The van der Waals surface area contributed by atoms with Crippen LogP contribution in [-0.2, 0) is 11.3 Å². The zero-order valence-electron chi connectivity index (χ0n) is 10.1. The standard InChI is InChI=1S/C14H19NO2/c1-9-6-7-12(17-9)14(16)13-11-5-3-2-4-10(11)8-15-13/h2-5,9,12-16H,6-8H2,1H3. The molecule has 0 aliphatic carbocycles. The molecule has 2 N–H and O–H groups in total. The van der Waals surface area contributed by atoms with E-state index in [0.717, 1.165) is 19.4 Å². The molecule has 1 aromatic rings. The van der Waals surface area contributed by atoms with Crippen molar-refractivity contribution in [2.24, 2.45) is 0 Å². The molecule has 4 unspecified atom stereocenters. The molecule has 3 rings (SSSR count). The van der Waals surface area contributed by atoms with Crippen LogP contribution in [0.5, 0.6) is 0 Å². The number of fused-ring (bicyclic) bond motifs is 1. The van der Waals surface area contributed by atoms with Gasteiger partial charge >= 0.3 is 0 Å². The fourth-order valence-corrected chi connectivity index (χ4v) is 2.93. The summed E-state index contributed by atoms with van der Waals surface area (Å²) in [6, 6.07) is 8.32. The Balaban J connectivity index is 1.78. The van der Waals surface area contributed by atoms with E-state index in [2.05, 4.69) is 24.4 Å². The summed E-state index contributed by atoms with van der Waals surface area (Å²) in [5, 5.41) is 13.8. The summed E-state index contributed by atoms with van der Waals surface area (Å²) >= 11 is 0. The molecule has 0 bridgehead atoms. The highest BCUT2D eigenvalue weighted by Gasteiger charge is 2.36. The van der Waals surface area contributed by atoms with Crippen molar-refractivity contribution in [2.75, 3.05) is 0 Å². The van der Waals surface area contributed by atoms with Crippen molar-refractivity contribution in [2.45, 2.75) is 50.7 Å². The molecule has 1 aromatic carbocycles. The van der Waals surface area contributed by atoms with Gasteiger partial charge < -0.3 is 15.2 Å². The maximum Gasteiger partial charge on any atom is 0.0996 e. The van der Waals surface area contributed by atoms with Crippen molar-refractivity contribution in [1.82, 2.24) is 5.32 Å². The average Bonchev–Trinajstić information content (AvgIpc) is 2.94. The number of ether oxygens (including phenoxy) is 1. The van der Waals surface area contributed by atoms with Gasteiger partial charge in [-0.05, 0) is 30.9 Å². The first-order chi connectivity index (χ1) is 8.25. The highest BCUT2D eigenvalue weighted by atomic mass is 16.5. The lowest BCUT2D eigenvalue weighted by Gasteiger charge is -2.25. The Morgan fingerprint density at radius 2 is 2.18 bits per heavy atom. The molecule has 4 atom stereocenters. The number of hydrogen-bond donors (Lipinski definition) is 2. The molecule has 0 aromatic heterocycles. The van der Waals surface area contributed by atoms with Crippen molar-refractivity contribution in [3.63, 3.8) is 0 Å². The number of aliphatic hydroxyl groups excluding tert-OH is 1. The lowest BCUT2D eigenvalue weighted by atomic mass is 9.96. The van der Waals surface area contributed by atoms with E-state index in [1.165, 1.54) is 11.1 Å². The van der Waals surface area contributed by atoms with Crippen LogP contribution in [0.2, 0.25) is 0 Å². The molecule has 0 radical (unpaired) electrons. The van der Waals surface area contributed by atoms with Gasteiger partial charge in [0.15, 0.2) is 0 Å². The third-order valence-electron chi connectivity index (χ3n) is 3.89. The summed E-state index contributed by atoms with van der Waals surface area (Å²) in [5.74, 6) is 0. The number of rotatable bonds is 2. The van der Waals surface area contributed by atoms with Gasteiger partial charge in [0.1, 0.15) is 0 Å². The highest BCUT2D eigenvalue weighted by Crippen LogP contribution is 2.33. The van der Waals surface area contributed by atoms with E-state index in [1.54, 1.807) is 0 Å². The molecule has 92 valence electrons. The Morgan fingerprint density at radius 1 is 1.35 bits per heavy atom. The molecule has 3 heteroatoms. The smallest absolute Gasteiger partial charge is 0.0996 e. The van der Waals surface area contributed by atoms with E-state index in [9.17, 15) is 5.11 Å². The molecule has 1 saturated heterocycles. The molecule has 2 heterocycles. The van der Waals surface area contributed by atoms with E-state index in [-0.39, 0.29) is 18.2 Å². The third kappa shape index (κ3) is 1.99. The van der Waals surface area contributed by atoms with Gasteiger partial charge in [-0.2, -0.15) is 0 Å². The van der Waals surface area contributed by atoms with Gasteiger partial charge in [0.2, 0.25) is 0 Å². The van der Waals surface area contributed by atoms with Crippen LogP contribution >= 0.6 is 0 Å². The first kappa shape index (κ1) is 11.2. The molecule has 2 aliphatic rings. The van der Waals surface area contributed by atoms with Gasteiger partial charge in [0.05, 0.1) is 24.4 Å². The summed E-state index contributed by atoms with van der Waals surface area (Å²) < 4.78 is 5.76. The lowest BCUT2D eigenvalue weighted by molar-refractivity contribution is -0.0428. The number of benzene rings is 1. The van der Waals surface area contributed by atoms with Crippen molar-refractivity contribution < 1.29 is 9.84 Å². The summed E-state index contributed by atoms with van der Waals surface area (Å²) in [4.78, 5) is 0. The molecule has 0 spiro atoms. The number of nitrogens with one attached hydrogen (secondary N) is 1. The lowest BCUT2D eigenvalue weighted by Crippen LogP contribution is -2.36. The van der Waals surface area contributed by atoms with Crippen LogP contribution in [0.25, 0.3) is 0 Å². The summed E-state index contributed by atoms with van der Waals surface area (Å²) in [6.45, 7) is 2.92. The van der Waals surface area contributed by atoms with Crippen molar-refractivity contribution in [3.05, 3.63) is 35.4 Å². The third-order valence-corrected chi connectivity index (χ3v) is 3.89. The molecule has 2 aliphatic heterocycles. The fraction of sp³-hybridized carbons (Fsp3) is 0.571. The van der Waals surface area contributed by atoms with E-state index in [4.69, 9.17) is 4.74 Å². The topological polar surface area (TPSA) is 41.5 Å². The monoisotopic (exact) mass is 233 g/mol. The predicted octanol–water partition coefficient (Wildman–Crippen LogP) is 1.76. The van der Waals surface area contributed by atoms with Crippen LogP contribution in [0.15, 0.2) is 24.3 Å². The van der Waals surface area contributed by atoms with Crippen molar-refractivity contribution in [3.8, 4) is 0 Å². The minimum absolute atomic E-state index is 0.0198. The number of hydrogen-bond acceptors (Lipinski definition) is 3. The second kappa shape index (κ2) is 4.41. The van der Waals surface area contributed by atoms with Gasteiger partial charge in [-0.25, -0.2) is 0 Å². The Labute approximate surface area is 102 Å². The highest BCUT2D eigenvalue weighted by molar-refractivity contribution is 5.34. The summed E-state index contributed by atoms with van der Waals surface area (Å²) in [5.41, 5.74) is 2.52. The SMILES string of the molecule is CC1CCC(C(O)C2NCc3ccccc32)O1. The molecule has 3 nitrogen and oxygen atoms in total. The second-order valence-electron chi connectivity index (χ2n) is 5.11. The Morgan fingerprint density at radius 3 is 2.94 bits per heavy atom. The zero-order valence-corrected chi connectivity index (χ0v) is 10.1. The largest absolute Gasteiger partial charge is 0.388 e. The van der Waals surface area contributed by atoms with E-state index in [0.29, 0.717) is 0 Å². The van der Waals surface area contributed by atoms with E-state index < -0.39 is 6.10 Å². The molecule has 17 heavy (non-hydrogen) atoms. The minimum atomic E-state index is -0.441. The van der Waals surface area contributed by atoms with Gasteiger partial charge in [-0.15, -0.1) is 0 Å².